The van der Waals surface area contributed by atoms with Crippen LogP contribution < -0.4 is 10.5 Å². The number of methoxy groups -OCH3 is 1. The molecule has 17 heavy (non-hydrogen) atoms. The van der Waals surface area contributed by atoms with Crippen LogP contribution in [-0.2, 0) is 9.53 Å². The Kier molecular flexibility index (Phi) is 4.07. The third-order valence-electron chi connectivity index (χ3n) is 2.32. The van der Waals surface area contributed by atoms with E-state index >= 15 is 0 Å². The molecule has 1 rings (SSSR count). The van der Waals surface area contributed by atoms with E-state index in [0.717, 1.165) is 0 Å². The zero-order valence-electron chi connectivity index (χ0n) is 10.1. The van der Waals surface area contributed by atoms with Crippen molar-refractivity contribution in [2.24, 2.45) is 5.73 Å². The highest BCUT2D eigenvalue weighted by molar-refractivity contribution is 5.80. The van der Waals surface area contributed by atoms with Gasteiger partial charge in [-0.3, -0.25) is 0 Å². The second-order valence-electron chi connectivity index (χ2n) is 4.11. The minimum absolute atomic E-state index is 0.0370. The van der Waals surface area contributed by atoms with Crippen LogP contribution in [0, 0.1) is 12.7 Å². The lowest BCUT2D eigenvalue weighted by Gasteiger charge is -2.21. The molecule has 0 saturated carbocycles. The van der Waals surface area contributed by atoms with Gasteiger partial charge in [0.15, 0.2) is 0 Å². The molecule has 1 atom stereocenters. The molecule has 0 aromatic heterocycles. The number of ether oxygens (including phenoxy) is 2. The Morgan fingerprint density at radius 2 is 2.18 bits per heavy atom. The zero-order chi connectivity index (χ0) is 13.1. The molecule has 0 heterocycles. The van der Waals surface area contributed by atoms with Crippen LogP contribution >= 0.6 is 0 Å². The summed E-state index contributed by atoms with van der Waals surface area (Å²) in [6, 6.07) is 4.33. The molecule has 0 aliphatic carbocycles. The van der Waals surface area contributed by atoms with Gasteiger partial charge in [0.1, 0.15) is 23.7 Å². The highest BCUT2D eigenvalue weighted by atomic mass is 19.1. The fraction of sp³-hybridized carbons (Fsp3) is 0.417. The molecule has 0 amide bonds. The van der Waals surface area contributed by atoms with E-state index in [0.29, 0.717) is 11.3 Å². The number of benzene rings is 1. The largest absolute Gasteiger partial charge is 0.491 e. The van der Waals surface area contributed by atoms with E-state index in [1.54, 1.807) is 13.0 Å². The van der Waals surface area contributed by atoms with Crippen LogP contribution in [0.5, 0.6) is 5.75 Å². The van der Waals surface area contributed by atoms with E-state index in [1.807, 2.05) is 0 Å². The lowest BCUT2D eigenvalue weighted by atomic mass is 10.1. The van der Waals surface area contributed by atoms with Gasteiger partial charge in [0.25, 0.3) is 0 Å². The van der Waals surface area contributed by atoms with Crippen LogP contribution in [0.3, 0.4) is 0 Å². The van der Waals surface area contributed by atoms with Gasteiger partial charge in [0.2, 0.25) is 0 Å². The molecule has 4 nitrogen and oxygen atoms in total. The molecule has 0 radical (unpaired) electrons. The number of esters is 1. The van der Waals surface area contributed by atoms with Crippen molar-refractivity contribution in [3.8, 4) is 5.75 Å². The molecule has 0 fully saturated rings. The van der Waals surface area contributed by atoms with Gasteiger partial charge in [-0.15, -0.1) is 0 Å². The lowest BCUT2D eigenvalue weighted by Crippen LogP contribution is -2.50. The standard InChI is InChI=1S/C12H16FNO3/c1-8-6-9(4-5-10(8)13)17-7-12(2,14)11(15)16-3/h4-6H,7,14H2,1-3H3. The summed E-state index contributed by atoms with van der Waals surface area (Å²) < 4.78 is 22.9. The van der Waals surface area contributed by atoms with Gasteiger partial charge in [0.05, 0.1) is 7.11 Å². The van der Waals surface area contributed by atoms with Gasteiger partial charge in [-0.2, -0.15) is 0 Å². The number of hydrogen-bond acceptors (Lipinski definition) is 4. The van der Waals surface area contributed by atoms with E-state index in [-0.39, 0.29) is 12.4 Å². The number of nitrogens with two attached hydrogens (primary N) is 1. The van der Waals surface area contributed by atoms with Crippen molar-refractivity contribution in [3.05, 3.63) is 29.6 Å². The summed E-state index contributed by atoms with van der Waals surface area (Å²) in [6.45, 7) is 3.10. The summed E-state index contributed by atoms with van der Waals surface area (Å²) in [4.78, 5) is 11.3. The Labute approximate surface area is 99.5 Å². The molecule has 0 bridgehead atoms. The highest BCUT2D eigenvalue weighted by Gasteiger charge is 2.30. The molecule has 94 valence electrons. The third-order valence-corrected chi connectivity index (χ3v) is 2.32. The van der Waals surface area contributed by atoms with Gasteiger partial charge in [0, 0.05) is 0 Å². The zero-order valence-corrected chi connectivity index (χ0v) is 10.1. The molecule has 1 unspecified atom stereocenters. The molecule has 0 saturated heterocycles. The van der Waals surface area contributed by atoms with Gasteiger partial charge in [-0.25, -0.2) is 9.18 Å². The molecule has 0 aliphatic heterocycles. The van der Waals surface area contributed by atoms with E-state index in [9.17, 15) is 9.18 Å². The van der Waals surface area contributed by atoms with Gasteiger partial charge < -0.3 is 15.2 Å². The van der Waals surface area contributed by atoms with E-state index < -0.39 is 11.5 Å². The fourth-order valence-corrected chi connectivity index (χ4v) is 1.23. The SMILES string of the molecule is COC(=O)C(C)(N)COc1ccc(F)c(C)c1. The highest BCUT2D eigenvalue weighted by Crippen LogP contribution is 2.17. The van der Waals surface area contributed by atoms with E-state index in [1.165, 1.54) is 26.2 Å². The average Bonchev–Trinajstić information content (AvgIpc) is 2.29. The number of carbonyl (C=O) groups excluding carboxylic acids is 1. The summed E-state index contributed by atoms with van der Waals surface area (Å²) in [7, 11) is 1.26. The minimum Gasteiger partial charge on any atom is -0.491 e. The summed E-state index contributed by atoms with van der Waals surface area (Å²) in [5, 5.41) is 0. The van der Waals surface area contributed by atoms with Crippen molar-refractivity contribution in [1.29, 1.82) is 0 Å². The van der Waals surface area contributed by atoms with Crippen molar-refractivity contribution < 1.29 is 18.7 Å². The number of carbonyl (C=O) groups is 1. The molecule has 1 aromatic rings. The predicted octanol–water partition coefficient (Wildman–Crippen LogP) is 1.40. The normalized spacial score (nSPS) is 13.9. The first kappa shape index (κ1) is 13.4. The number of aryl methyl sites for hydroxylation is 1. The first-order valence-electron chi connectivity index (χ1n) is 5.13. The van der Waals surface area contributed by atoms with Crippen molar-refractivity contribution in [3.63, 3.8) is 0 Å². The van der Waals surface area contributed by atoms with Gasteiger partial charge in [-0.1, -0.05) is 0 Å². The van der Waals surface area contributed by atoms with Crippen LogP contribution in [0.2, 0.25) is 0 Å². The first-order valence-corrected chi connectivity index (χ1v) is 5.13. The summed E-state index contributed by atoms with van der Waals surface area (Å²) in [6.07, 6.45) is 0. The first-order chi connectivity index (χ1) is 7.86. The van der Waals surface area contributed by atoms with E-state index in [4.69, 9.17) is 10.5 Å². The Morgan fingerprint density at radius 3 is 2.71 bits per heavy atom. The number of rotatable bonds is 4. The van der Waals surface area contributed by atoms with Crippen LogP contribution in [0.15, 0.2) is 18.2 Å². The topological polar surface area (TPSA) is 61.5 Å². The van der Waals surface area contributed by atoms with Crippen LogP contribution in [0.1, 0.15) is 12.5 Å². The summed E-state index contributed by atoms with van der Waals surface area (Å²) >= 11 is 0. The van der Waals surface area contributed by atoms with Crippen LogP contribution in [0.4, 0.5) is 4.39 Å². The minimum atomic E-state index is -1.23. The maximum Gasteiger partial charge on any atom is 0.329 e. The van der Waals surface area contributed by atoms with Crippen LogP contribution in [0.25, 0.3) is 0 Å². The van der Waals surface area contributed by atoms with Crippen LogP contribution in [-0.4, -0.2) is 25.2 Å². The molecule has 0 spiro atoms. The molecule has 1 aromatic carbocycles. The predicted molar refractivity (Wildman–Crippen MR) is 61.2 cm³/mol. The molecular formula is C12H16FNO3. The average molecular weight is 241 g/mol. The quantitative estimate of drug-likeness (QED) is 0.809. The van der Waals surface area contributed by atoms with Crippen molar-refractivity contribution in [2.75, 3.05) is 13.7 Å². The molecular weight excluding hydrogens is 225 g/mol. The Bertz CT molecular complexity index is 418. The third kappa shape index (κ3) is 3.42. The van der Waals surface area contributed by atoms with E-state index in [2.05, 4.69) is 4.74 Å². The summed E-state index contributed by atoms with van der Waals surface area (Å²) in [5.74, 6) is -0.401. The smallest absolute Gasteiger partial charge is 0.329 e. The Morgan fingerprint density at radius 1 is 1.53 bits per heavy atom. The van der Waals surface area contributed by atoms with Crippen molar-refractivity contribution >= 4 is 5.97 Å². The van der Waals surface area contributed by atoms with Gasteiger partial charge in [-0.05, 0) is 37.6 Å². The molecule has 0 aliphatic rings. The number of hydrogen-bond donors (Lipinski definition) is 1. The second kappa shape index (κ2) is 5.14. The maximum absolute atomic E-state index is 13.0. The van der Waals surface area contributed by atoms with Crippen molar-refractivity contribution in [1.82, 2.24) is 0 Å². The van der Waals surface area contributed by atoms with Crippen molar-refractivity contribution in [2.45, 2.75) is 19.4 Å². The lowest BCUT2D eigenvalue weighted by molar-refractivity contribution is -0.147. The summed E-state index contributed by atoms with van der Waals surface area (Å²) in [5.41, 5.74) is 4.96. The monoisotopic (exact) mass is 241 g/mol. The Balaban J connectivity index is 2.67. The maximum atomic E-state index is 13.0. The molecule has 2 N–H and O–H groups in total. The fourth-order valence-electron chi connectivity index (χ4n) is 1.23. The van der Waals surface area contributed by atoms with Gasteiger partial charge >= 0.3 is 5.97 Å². The Hall–Kier alpha value is -1.62. The number of halogens is 1. The molecule has 5 heteroatoms. The second-order valence-corrected chi connectivity index (χ2v) is 4.11.